The molecule has 2 unspecified atom stereocenters. The van der Waals surface area contributed by atoms with E-state index < -0.39 is 5.60 Å². The minimum atomic E-state index is -0.877. The van der Waals surface area contributed by atoms with Gasteiger partial charge in [0.2, 0.25) is 0 Å². The van der Waals surface area contributed by atoms with E-state index in [0.717, 1.165) is 36.9 Å². The normalized spacial score (nSPS) is 28.8. The average Bonchev–Trinajstić information content (AvgIpc) is 2.44. The Bertz CT molecular complexity index is 477. The van der Waals surface area contributed by atoms with Gasteiger partial charge in [0.15, 0.2) is 0 Å². The van der Waals surface area contributed by atoms with Crippen molar-refractivity contribution in [2.45, 2.75) is 24.9 Å². The summed E-state index contributed by atoms with van der Waals surface area (Å²) in [5.74, 6) is 0.221. The first-order valence-corrected chi connectivity index (χ1v) is 7.33. The number of hydrogen-bond donors (Lipinski definition) is 1. The summed E-state index contributed by atoms with van der Waals surface area (Å²) in [6.07, 6.45) is 6.99. The van der Waals surface area contributed by atoms with Gasteiger partial charge >= 0.3 is 0 Å². The number of hydrogen-bond acceptors (Lipinski definition) is 2. The van der Waals surface area contributed by atoms with Crippen LogP contribution in [-0.4, -0.2) is 36.2 Å². The van der Waals surface area contributed by atoms with Gasteiger partial charge in [0.25, 0.3) is 0 Å². The highest BCUT2D eigenvalue weighted by molar-refractivity contribution is 5.56. The smallest absolute Gasteiger partial charge is 0.108 e. The number of nitrogens with zero attached hydrogens (tertiary/aromatic N) is 1. The van der Waals surface area contributed by atoms with Gasteiger partial charge in [-0.3, -0.25) is 0 Å². The van der Waals surface area contributed by atoms with Crippen LogP contribution in [0.1, 0.15) is 24.8 Å². The zero-order valence-corrected chi connectivity index (χ0v) is 12.5. The zero-order chi connectivity index (χ0) is 14.6. The Labute approximate surface area is 122 Å². The van der Waals surface area contributed by atoms with Gasteiger partial charge in [0, 0.05) is 12.5 Å². The molecule has 0 spiro atoms. The molecule has 108 valence electrons. The Morgan fingerprint density at radius 2 is 2.05 bits per heavy atom. The zero-order valence-electron chi connectivity index (χ0n) is 12.5. The summed E-state index contributed by atoms with van der Waals surface area (Å²) in [6, 6.07) is 10.2. The fraction of sp³-hybridized carbons (Fsp3) is 0.444. The molecule has 2 heteroatoms. The molecule has 0 bridgehead atoms. The lowest BCUT2D eigenvalue weighted by Gasteiger charge is -2.41. The first kappa shape index (κ1) is 15.0. The minimum Gasteiger partial charge on any atom is -0.381 e. The molecule has 1 aliphatic rings. The van der Waals surface area contributed by atoms with Gasteiger partial charge in [-0.2, -0.15) is 0 Å². The summed E-state index contributed by atoms with van der Waals surface area (Å²) in [7, 11) is 4.11. The van der Waals surface area contributed by atoms with Gasteiger partial charge in [-0.15, -0.1) is 0 Å². The number of rotatable bonds is 4. The summed E-state index contributed by atoms with van der Waals surface area (Å²) in [4.78, 5) is 2.14. The molecule has 0 aliphatic heterocycles. The molecule has 20 heavy (non-hydrogen) atoms. The largest absolute Gasteiger partial charge is 0.381 e. The molecule has 2 atom stereocenters. The van der Waals surface area contributed by atoms with Gasteiger partial charge in [0.05, 0.1) is 0 Å². The fourth-order valence-corrected chi connectivity index (χ4v) is 3.13. The van der Waals surface area contributed by atoms with Gasteiger partial charge in [-0.1, -0.05) is 49.1 Å². The fourth-order valence-electron chi connectivity index (χ4n) is 3.13. The molecule has 1 aromatic rings. The summed E-state index contributed by atoms with van der Waals surface area (Å²) in [5, 5.41) is 11.1. The number of aliphatic hydroxyl groups is 1. The van der Waals surface area contributed by atoms with Crippen molar-refractivity contribution >= 4 is 6.08 Å². The van der Waals surface area contributed by atoms with Crippen molar-refractivity contribution in [2.24, 2.45) is 5.92 Å². The molecule has 2 nitrogen and oxygen atoms in total. The molecule has 1 aliphatic carbocycles. The van der Waals surface area contributed by atoms with Crippen LogP contribution in [-0.2, 0) is 0 Å². The van der Waals surface area contributed by atoms with Gasteiger partial charge < -0.3 is 10.0 Å². The van der Waals surface area contributed by atoms with E-state index in [1.54, 1.807) is 6.08 Å². The van der Waals surface area contributed by atoms with E-state index in [1.165, 1.54) is 0 Å². The van der Waals surface area contributed by atoms with E-state index in [1.807, 2.05) is 18.2 Å². The Hall–Kier alpha value is -1.38. The summed E-state index contributed by atoms with van der Waals surface area (Å²) >= 11 is 0. The molecule has 1 fully saturated rings. The SMILES string of the molecule is C=CC1(O)/C(=C/c2ccccc2)CCCC1CN(C)C. The van der Waals surface area contributed by atoms with E-state index in [-0.39, 0.29) is 5.92 Å². The van der Waals surface area contributed by atoms with E-state index in [9.17, 15) is 5.11 Å². The van der Waals surface area contributed by atoms with Crippen molar-refractivity contribution in [3.63, 3.8) is 0 Å². The third kappa shape index (κ3) is 3.20. The Kier molecular flexibility index (Phi) is 4.79. The van der Waals surface area contributed by atoms with Crippen LogP contribution in [0.3, 0.4) is 0 Å². The lowest BCUT2D eigenvalue weighted by Crippen LogP contribution is -2.45. The van der Waals surface area contributed by atoms with Crippen molar-refractivity contribution in [1.82, 2.24) is 4.90 Å². The second-order valence-electron chi connectivity index (χ2n) is 5.96. The molecule has 0 aromatic heterocycles. The Morgan fingerprint density at radius 1 is 1.35 bits per heavy atom. The van der Waals surface area contributed by atoms with Crippen LogP contribution in [0.4, 0.5) is 0 Å². The predicted molar refractivity (Wildman–Crippen MR) is 85.5 cm³/mol. The van der Waals surface area contributed by atoms with Crippen molar-refractivity contribution in [2.75, 3.05) is 20.6 Å². The van der Waals surface area contributed by atoms with Crippen LogP contribution in [0.2, 0.25) is 0 Å². The highest BCUT2D eigenvalue weighted by atomic mass is 16.3. The summed E-state index contributed by atoms with van der Waals surface area (Å²) < 4.78 is 0. The van der Waals surface area contributed by atoms with Gasteiger partial charge in [-0.25, -0.2) is 0 Å². The Balaban J connectivity index is 2.31. The van der Waals surface area contributed by atoms with Crippen molar-refractivity contribution in [3.8, 4) is 0 Å². The van der Waals surface area contributed by atoms with Crippen molar-refractivity contribution < 1.29 is 5.11 Å². The van der Waals surface area contributed by atoms with E-state index in [0.29, 0.717) is 0 Å². The Morgan fingerprint density at radius 3 is 2.65 bits per heavy atom. The van der Waals surface area contributed by atoms with Crippen LogP contribution in [0.15, 0.2) is 48.6 Å². The monoisotopic (exact) mass is 271 g/mol. The van der Waals surface area contributed by atoms with Gasteiger partial charge in [-0.05, 0) is 44.5 Å². The lowest BCUT2D eigenvalue weighted by molar-refractivity contribution is 0.0292. The van der Waals surface area contributed by atoms with E-state index in [4.69, 9.17) is 0 Å². The van der Waals surface area contributed by atoms with Gasteiger partial charge in [0.1, 0.15) is 5.60 Å². The second-order valence-corrected chi connectivity index (χ2v) is 5.96. The van der Waals surface area contributed by atoms with Crippen LogP contribution in [0.5, 0.6) is 0 Å². The molecule has 1 N–H and O–H groups in total. The molecule has 0 heterocycles. The first-order valence-electron chi connectivity index (χ1n) is 7.33. The minimum absolute atomic E-state index is 0.221. The highest BCUT2D eigenvalue weighted by Gasteiger charge is 2.40. The predicted octanol–water partition coefficient (Wildman–Crippen LogP) is 3.35. The molecule has 0 amide bonds. The quantitative estimate of drug-likeness (QED) is 0.849. The van der Waals surface area contributed by atoms with Crippen LogP contribution < -0.4 is 0 Å². The maximum absolute atomic E-state index is 11.1. The molecular formula is C18H25NO. The maximum Gasteiger partial charge on any atom is 0.108 e. The molecule has 1 saturated carbocycles. The molecule has 2 rings (SSSR count). The maximum atomic E-state index is 11.1. The molecule has 0 radical (unpaired) electrons. The summed E-state index contributed by atoms with van der Waals surface area (Å²) in [5.41, 5.74) is 1.36. The molecule has 1 aromatic carbocycles. The van der Waals surface area contributed by atoms with E-state index >= 15 is 0 Å². The molecule has 0 saturated heterocycles. The highest BCUT2D eigenvalue weighted by Crippen LogP contribution is 2.40. The van der Waals surface area contributed by atoms with E-state index in [2.05, 4.69) is 43.8 Å². The third-order valence-corrected chi connectivity index (χ3v) is 4.17. The van der Waals surface area contributed by atoms with Crippen molar-refractivity contribution in [3.05, 3.63) is 54.1 Å². The third-order valence-electron chi connectivity index (χ3n) is 4.17. The topological polar surface area (TPSA) is 23.5 Å². The average molecular weight is 271 g/mol. The molecular weight excluding hydrogens is 246 g/mol. The standard InChI is InChI=1S/C18H25NO/c1-4-18(20)16(13-15-9-6-5-7-10-15)11-8-12-17(18)14-19(2)3/h4-7,9-10,13,17,20H,1,8,11-12,14H2,2-3H3/b16-13+. The first-order chi connectivity index (χ1) is 9.56. The van der Waals surface area contributed by atoms with Crippen LogP contribution in [0.25, 0.3) is 6.08 Å². The summed E-state index contributed by atoms with van der Waals surface area (Å²) in [6.45, 7) is 4.78. The van der Waals surface area contributed by atoms with Crippen LogP contribution in [0, 0.1) is 5.92 Å². The van der Waals surface area contributed by atoms with Crippen molar-refractivity contribution in [1.29, 1.82) is 0 Å². The number of benzene rings is 1. The van der Waals surface area contributed by atoms with Crippen LogP contribution >= 0.6 is 0 Å². The lowest BCUT2D eigenvalue weighted by atomic mass is 9.71. The second kappa shape index (κ2) is 6.38.